The smallest absolute Gasteiger partial charge is 0.274 e. The van der Waals surface area contributed by atoms with Crippen molar-refractivity contribution in [3.05, 3.63) is 84.1 Å². The van der Waals surface area contributed by atoms with Crippen LogP contribution in [0, 0.1) is 5.82 Å². The van der Waals surface area contributed by atoms with Crippen molar-refractivity contribution in [3.63, 3.8) is 0 Å². The Balaban J connectivity index is 1.70. The molecule has 0 aliphatic rings. The molecule has 0 saturated carbocycles. The number of carbonyl (C=O) groups is 1. The molecule has 1 N–H and O–H groups in total. The highest BCUT2D eigenvalue weighted by Gasteiger charge is 2.23. The van der Waals surface area contributed by atoms with E-state index in [1.54, 1.807) is 75.1 Å². The minimum Gasteiger partial charge on any atom is -0.497 e. The number of ether oxygens (including phenoxy) is 2. The summed E-state index contributed by atoms with van der Waals surface area (Å²) in [7, 11) is 3.11. The van der Waals surface area contributed by atoms with Gasteiger partial charge in [-0.3, -0.25) is 9.78 Å². The number of nitrogens with one attached hydrogen (secondary N) is 1. The summed E-state index contributed by atoms with van der Waals surface area (Å²) in [4.78, 5) is 17.2. The number of carbonyl (C=O) groups excluding carboxylic acids is 1. The van der Waals surface area contributed by atoms with Crippen LogP contribution in [0.1, 0.15) is 16.1 Å². The largest absolute Gasteiger partial charge is 0.497 e. The summed E-state index contributed by atoms with van der Waals surface area (Å²) in [5, 5.41) is 10.9. The molecule has 8 nitrogen and oxygen atoms in total. The van der Waals surface area contributed by atoms with Crippen LogP contribution in [0.4, 0.5) is 4.39 Å². The summed E-state index contributed by atoms with van der Waals surface area (Å²) in [5.41, 5.74) is 1.85. The third-order valence-electron chi connectivity index (χ3n) is 4.83. The second-order valence-corrected chi connectivity index (χ2v) is 6.75. The number of hydrogen-bond acceptors (Lipinski definition) is 6. The lowest BCUT2D eigenvalue weighted by Gasteiger charge is -2.12. The number of rotatable bonds is 7. The molecule has 0 aliphatic heterocycles. The molecule has 2 heterocycles. The highest BCUT2D eigenvalue weighted by molar-refractivity contribution is 5.98. The zero-order chi connectivity index (χ0) is 22.5. The molecule has 0 saturated heterocycles. The van der Waals surface area contributed by atoms with Crippen LogP contribution in [0.15, 0.2) is 67.0 Å². The topological polar surface area (TPSA) is 91.2 Å². The Morgan fingerprint density at radius 1 is 1.09 bits per heavy atom. The molecule has 1 amide bonds. The fourth-order valence-electron chi connectivity index (χ4n) is 3.27. The molecule has 9 heteroatoms. The lowest BCUT2D eigenvalue weighted by atomic mass is 10.1. The van der Waals surface area contributed by atoms with Crippen LogP contribution in [-0.4, -0.2) is 40.1 Å². The van der Waals surface area contributed by atoms with Crippen molar-refractivity contribution in [3.8, 4) is 28.4 Å². The van der Waals surface area contributed by atoms with E-state index < -0.39 is 11.7 Å². The van der Waals surface area contributed by atoms with Crippen LogP contribution < -0.4 is 14.8 Å². The molecular weight excluding hydrogens is 413 g/mol. The third-order valence-corrected chi connectivity index (χ3v) is 4.83. The molecule has 0 unspecified atom stereocenters. The van der Waals surface area contributed by atoms with Gasteiger partial charge in [0.15, 0.2) is 5.69 Å². The first-order valence-corrected chi connectivity index (χ1v) is 9.72. The minimum atomic E-state index is -0.490. The van der Waals surface area contributed by atoms with Crippen molar-refractivity contribution in [1.29, 1.82) is 0 Å². The first-order chi connectivity index (χ1) is 15.6. The van der Waals surface area contributed by atoms with Gasteiger partial charge >= 0.3 is 0 Å². The van der Waals surface area contributed by atoms with Gasteiger partial charge in [-0.1, -0.05) is 17.3 Å². The molecule has 2 aromatic heterocycles. The number of amides is 1. The van der Waals surface area contributed by atoms with Gasteiger partial charge in [0.25, 0.3) is 5.91 Å². The van der Waals surface area contributed by atoms with Gasteiger partial charge < -0.3 is 14.8 Å². The Labute approximate surface area is 183 Å². The molecule has 2 aromatic carbocycles. The highest BCUT2D eigenvalue weighted by Crippen LogP contribution is 2.27. The summed E-state index contributed by atoms with van der Waals surface area (Å²) in [6, 6.07) is 14.9. The van der Waals surface area contributed by atoms with Gasteiger partial charge in [0.2, 0.25) is 0 Å². The number of halogens is 1. The second kappa shape index (κ2) is 9.25. The van der Waals surface area contributed by atoms with E-state index in [9.17, 15) is 9.18 Å². The van der Waals surface area contributed by atoms with Crippen molar-refractivity contribution in [2.24, 2.45) is 0 Å². The lowest BCUT2D eigenvalue weighted by Crippen LogP contribution is -2.24. The third kappa shape index (κ3) is 4.13. The number of para-hydroxylation sites is 1. The van der Waals surface area contributed by atoms with Crippen LogP contribution in [0.3, 0.4) is 0 Å². The van der Waals surface area contributed by atoms with E-state index in [0.29, 0.717) is 22.8 Å². The average Bonchev–Trinajstić information content (AvgIpc) is 3.28. The lowest BCUT2D eigenvalue weighted by molar-refractivity contribution is 0.0946. The van der Waals surface area contributed by atoms with E-state index in [1.807, 2.05) is 0 Å². The van der Waals surface area contributed by atoms with Crippen molar-refractivity contribution in [2.45, 2.75) is 6.54 Å². The summed E-state index contributed by atoms with van der Waals surface area (Å²) in [6.07, 6.45) is 3.17. The molecule has 0 radical (unpaired) electrons. The number of nitrogens with zero attached hydrogens (tertiary/aromatic N) is 4. The summed E-state index contributed by atoms with van der Waals surface area (Å²) >= 11 is 0. The molecule has 0 bridgehead atoms. The summed E-state index contributed by atoms with van der Waals surface area (Å²) < 4.78 is 26.4. The van der Waals surface area contributed by atoms with E-state index in [0.717, 1.165) is 5.56 Å². The van der Waals surface area contributed by atoms with Gasteiger partial charge in [0.05, 0.1) is 14.2 Å². The normalized spacial score (nSPS) is 10.6. The van der Waals surface area contributed by atoms with Gasteiger partial charge in [-0.2, -0.15) is 0 Å². The predicted molar refractivity (Wildman–Crippen MR) is 115 cm³/mol. The maximum atomic E-state index is 14.5. The number of pyridine rings is 1. The van der Waals surface area contributed by atoms with E-state index in [2.05, 4.69) is 20.6 Å². The zero-order valence-corrected chi connectivity index (χ0v) is 17.4. The van der Waals surface area contributed by atoms with Crippen molar-refractivity contribution >= 4 is 5.91 Å². The fraction of sp³-hybridized carbons (Fsp3) is 0.130. The molecule has 0 spiro atoms. The molecule has 4 aromatic rings. The SMILES string of the molecule is COc1ccc(OC)c(CNC(=O)c2nnn(-c3ccccc3F)c2-c2cccnc2)c1. The van der Waals surface area contributed by atoms with Crippen LogP contribution in [0.5, 0.6) is 11.5 Å². The van der Waals surface area contributed by atoms with Crippen LogP contribution in [0.2, 0.25) is 0 Å². The van der Waals surface area contributed by atoms with Crippen LogP contribution in [-0.2, 0) is 6.54 Å². The standard InChI is InChI=1S/C23H20FN5O3/c1-31-17-9-10-20(32-2)16(12-17)14-26-23(30)21-22(15-6-5-11-25-13-15)29(28-27-21)19-8-4-3-7-18(19)24/h3-13H,14H2,1-2H3,(H,26,30). The Kier molecular flexibility index (Phi) is 6.07. The van der Waals surface area contributed by atoms with E-state index in [1.165, 1.54) is 10.7 Å². The van der Waals surface area contributed by atoms with Crippen molar-refractivity contribution in [1.82, 2.24) is 25.3 Å². The quantitative estimate of drug-likeness (QED) is 0.480. The second-order valence-electron chi connectivity index (χ2n) is 6.75. The van der Waals surface area contributed by atoms with Gasteiger partial charge in [-0.05, 0) is 42.5 Å². The minimum absolute atomic E-state index is 0.0446. The van der Waals surface area contributed by atoms with Gasteiger partial charge in [-0.25, -0.2) is 9.07 Å². The van der Waals surface area contributed by atoms with Crippen LogP contribution in [0.25, 0.3) is 16.9 Å². The maximum Gasteiger partial charge on any atom is 0.274 e. The van der Waals surface area contributed by atoms with E-state index in [-0.39, 0.29) is 17.9 Å². The van der Waals surface area contributed by atoms with E-state index >= 15 is 0 Å². The monoisotopic (exact) mass is 433 g/mol. The Morgan fingerprint density at radius 3 is 2.66 bits per heavy atom. The molecule has 0 atom stereocenters. The number of aromatic nitrogens is 4. The molecule has 0 aliphatic carbocycles. The Bertz CT molecular complexity index is 1240. The predicted octanol–water partition coefficient (Wildman–Crippen LogP) is 3.42. The number of methoxy groups -OCH3 is 2. The van der Waals surface area contributed by atoms with Crippen molar-refractivity contribution in [2.75, 3.05) is 14.2 Å². The first kappa shape index (κ1) is 21.0. The maximum absolute atomic E-state index is 14.5. The molecule has 0 fully saturated rings. The number of hydrogen-bond donors (Lipinski definition) is 1. The van der Waals surface area contributed by atoms with Crippen molar-refractivity contribution < 1.29 is 18.7 Å². The molecular formula is C23H20FN5O3. The average molecular weight is 433 g/mol. The summed E-state index contributed by atoms with van der Waals surface area (Å²) in [5.74, 6) is 0.275. The zero-order valence-electron chi connectivity index (χ0n) is 17.4. The van der Waals surface area contributed by atoms with Gasteiger partial charge in [-0.15, -0.1) is 5.10 Å². The fourth-order valence-corrected chi connectivity index (χ4v) is 3.27. The Hall–Kier alpha value is -4.27. The first-order valence-electron chi connectivity index (χ1n) is 9.72. The van der Waals surface area contributed by atoms with Crippen LogP contribution >= 0.6 is 0 Å². The highest BCUT2D eigenvalue weighted by atomic mass is 19.1. The van der Waals surface area contributed by atoms with Gasteiger partial charge in [0.1, 0.15) is 28.7 Å². The molecule has 32 heavy (non-hydrogen) atoms. The van der Waals surface area contributed by atoms with Gasteiger partial charge in [0, 0.05) is 30.1 Å². The Morgan fingerprint density at radius 2 is 1.94 bits per heavy atom. The molecule has 4 rings (SSSR count). The molecule has 162 valence electrons. The number of benzene rings is 2. The van der Waals surface area contributed by atoms with E-state index in [4.69, 9.17) is 9.47 Å². The summed E-state index contributed by atoms with van der Waals surface area (Å²) in [6.45, 7) is 0.165.